The summed E-state index contributed by atoms with van der Waals surface area (Å²) in [6.45, 7) is 8.81. The lowest BCUT2D eigenvalue weighted by Gasteiger charge is -2.22. The van der Waals surface area contributed by atoms with E-state index in [-0.39, 0.29) is 0 Å². The molecule has 0 fully saturated rings. The molecule has 4 nitrogen and oxygen atoms in total. The molecule has 0 amide bonds. The number of pyridine rings is 1. The molecule has 2 rings (SSSR count). The van der Waals surface area contributed by atoms with Crippen LogP contribution in [0.2, 0.25) is 0 Å². The molecule has 4 heteroatoms. The monoisotopic (exact) mass is 261 g/mol. The van der Waals surface area contributed by atoms with Gasteiger partial charge >= 0.3 is 0 Å². The summed E-state index contributed by atoms with van der Waals surface area (Å²) in [6.07, 6.45) is 3.90. The molecule has 2 heterocycles. The van der Waals surface area contributed by atoms with Gasteiger partial charge in [0.05, 0.1) is 18.3 Å². The minimum atomic E-state index is 0.374. The summed E-state index contributed by atoms with van der Waals surface area (Å²) in [6, 6.07) is 6.50. The Balaban J connectivity index is 2.00. The summed E-state index contributed by atoms with van der Waals surface area (Å²) in [5.41, 5.74) is 2.39. The van der Waals surface area contributed by atoms with E-state index in [9.17, 15) is 0 Å². The number of hydrogen-bond donors (Lipinski definition) is 1. The molecule has 0 aliphatic carbocycles. The van der Waals surface area contributed by atoms with Gasteiger partial charge in [0.1, 0.15) is 0 Å². The summed E-state index contributed by atoms with van der Waals surface area (Å²) in [5.74, 6) is 0.549. The van der Waals surface area contributed by atoms with Gasteiger partial charge in [-0.25, -0.2) is 4.52 Å². The molecule has 2 aromatic rings. The van der Waals surface area contributed by atoms with E-state index in [0.29, 0.717) is 12.0 Å². The van der Waals surface area contributed by atoms with Crippen LogP contribution in [-0.2, 0) is 11.3 Å². The van der Waals surface area contributed by atoms with Crippen molar-refractivity contribution in [1.29, 1.82) is 0 Å². The molecular formula is C15H23N3O. The maximum absolute atomic E-state index is 5.53. The van der Waals surface area contributed by atoms with Crippen molar-refractivity contribution in [1.82, 2.24) is 14.9 Å². The highest BCUT2D eigenvalue weighted by Gasteiger charge is 2.13. The lowest BCUT2D eigenvalue weighted by Crippen LogP contribution is -2.37. The highest BCUT2D eigenvalue weighted by Crippen LogP contribution is 2.11. The maximum Gasteiger partial charge on any atom is 0.0706 e. The van der Waals surface area contributed by atoms with Gasteiger partial charge in [0, 0.05) is 31.0 Å². The third-order valence-corrected chi connectivity index (χ3v) is 3.37. The molecule has 0 spiro atoms. The van der Waals surface area contributed by atoms with Gasteiger partial charge in [-0.3, -0.25) is 0 Å². The first-order chi connectivity index (χ1) is 9.22. The van der Waals surface area contributed by atoms with E-state index in [1.807, 2.05) is 36.0 Å². The van der Waals surface area contributed by atoms with Crippen molar-refractivity contribution < 1.29 is 4.74 Å². The molecule has 0 saturated carbocycles. The largest absolute Gasteiger partial charge is 0.380 e. The Labute approximate surface area is 114 Å². The fourth-order valence-electron chi connectivity index (χ4n) is 2.10. The predicted molar refractivity (Wildman–Crippen MR) is 77.2 cm³/mol. The fraction of sp³-hybridized carbons (Fsp3) is 0.533. The van der Waals surface area contributed by atoms with Gasteiger partial charge in [0.2, 0.25) is 0 Å². The SMILES string of the molecule is CCOCC(NCc1cnn2ccccc12)C(C)C. The molecule has 1 unspecified atom stereocenters. The van der Waals surface area contributed by atoms with Gasteiger partial charge in [0.15, 0.2) is 0 Å². The molecule has 19 heavy (non-hydrogen) atoms. The Morgan fingerprint density at radius 3 is 2.95 bits per heavy atom. The maximum atomic E-state index is 5.53. The quantitative estimate of drug-likeness (QED) is 0.832. The van der Waals surface area contributed by atoms with Crippen molar-refractivity contribution >= 4 is 5.52 Å². The van der Waals surface area contributed by atoms with Crippen LogP contribution >= 0.6 is 0 Å². The van der Waals surface area contributed by atoms with E-state index in [1.165, 1.54) is 5.56 Å². The molecule has 0 aliphatic heterocycles. The Hall–Kier alpha value is -1.39. The predicted octanol–water partition coefficient (Wildman–Crippen LogP) is 2.49. The molecule has 2 aromatic heterocycles. The Morgan fingerprint density at radius 2 is 2.21 bits per heavy atom. The van der Waals surface area contributed by atoms with Crippen LogP contribution in [-0.4, -0.2) is 28.9 Å². The smallest absolute Gasteiger partial charge is 0.0706 e. The van der Waals surface area contributed by atoms with Gasteiger partial charge < -0.3 is 10.1 Å². The van der Waals surface area contributed by atoms with E-state index in [1.54, 1.807) is 0 Å². The summed E-state index contributed by atoms with van der Waals surface area (Å²) in [4.78, 5) is 0. The second-order valence-corrected chi connectivity index (χ2v) is 5.09. The van der Waals surface area contributed by atoms with Crippen LogP contribution in [0.25, 0.3) is 5.52 Å². The second kappa shape index (κ2) is 6.68. The van der Waals surface area contributed by atoms with Crippen LogP contribution in [0.5, 0.6) is 0 Å². The molecule has 0 aromatic carbocycles. The zero-order valence-corrected chi connectivity index (χ0v) is 12.0. The fourth-order valence-corrected chi connectivity index (χ4v) is 2.10. The lowest BCUT2D eigenvalue weighted by molar-refractivity contribution is 0.108. The normalized spacial score (nSPS) is 13.3. The van der Waals surface area contributed by atoms with Crippen LogP contribution in [0.3, 0.4) is 0 Å². The molecule has 0 aliphatic rings. The van der Waals surface area contributed by atoms with Gasteiger partial charge in [0.25, 0.3) is 0 Å². The highest BCUT2D eigenvalue weighted by atomic mass is 16.5. The molecule has 1 N–H and O–H groups in total. The molecular weight excluding hydrogens is 238 g/mol. The summed E-state index contributed by atoms with van der Waals surface area (Å²) < 4.78 is 7.44. The first-order valence-electron chi connectivity index (χ1n) is 6.94. The summed E-state index contributed by atoms with van der Waals surface area (Å²) >= 11 is 0. The zero-order valence-electron chi connectivity index (χ0n) is 12.0. The van der Waals surface area contributed by atoms with Crippen molar-refractivity contribution in [3.63, 3.8) is 0 Å². The number of rotatable bonds is 7. The highest BCUT2D eigenvalue weighted by molar-refractivity contribution is 5.53. The van der Waals surface area contributed by atoms with Crippen molar-refractivity contribution in [3.05, 3.63) is 36.2 Å². The van der Waals surface area contributed by atoms with E-state index < -0.39 is 0 Å². The van der Waals surface area contributed by atoms with E-state index >= 15 is 0 Å². The van der Waals surface area contributed by atoms with Gasteiger partial charge in [-0.15, -0.1) is 0 Å². The number of nitrogens with zero attached hydrogens (tertiary/aromatic N) is 2. The topological polar surface area (TPSA) is 38.6 Å². The van der Waals surface area contributed by atoms with Crippen LogP contribution in [0.15, 0.2) is 30.6 Å². The van der Waals surface area contributed by atoms with Crippen molar-refractivity contribution in [2.24, 2.45) is 5.92 Å². The minimum Gasteiger partial charge on any atom is -0.380 e. The van der Waals surface area contributed by atoms with E-state index in [2.05, 4.69) is 30.3 Å². The molecule has 0 radical (unpaired) electrons. The molecule has 1 atom stereocenters. The van der Waals surface area contributed by atoms with Gasteiger partial charge in [-0.1, -0.05) is 19.9 Å². The summed E-state index contributed by atoms with van der Waals surface area (Å²) in [7, 11) is 0. The summed E-state index contributed by atoms with van der Waals surface area (Å²) in [5, 5.41) is 7.92. The number of ether oxygens (including phenoxy) is 1. The number of nitrogens with one attached hydrogen (secondary N) is 1. The average molecular weight is 261 g/mol. The van der Waals surface area contributed by atoms with Crippen molar-refractivity contribution in [3.8, 4) is 0 Å². The third kappa shape index (κ3) is 3.55. The Bertz CT molecular complexity index is 507. The van der Waals surface area contributed by atoms with Gasteiger partial charge in [-0.05, 0) is 25.0 Å². The lowest BCUT2D eigenvalue weighted by atomic mass is 10.1. The van der Waals surface area contributed by atoms with E-state index in [0.717, 1.165) is 25.3 Å². The number of fused-ring (bicyclic) bond motifs is 1. The third-order valence-electron chi connectivity index (χ3n) is 3.37. The number of hydrogen-bond acceptors (Lipinski definition) is 3. The van der Waals surface area contributed by atoms with Crippen LogP contribution in [0.4, 0.5) is 0 Å². The van der Waals surface area contributed by atoms with Crippen LogP contribution < -0.4 is 5.32 Å². The van der Waals surface area contributed by atoms with Crippen molar-refractivity contribution in [2.75, 3.05) is 13.2 Å². The first-order valence-corrected chi connectivity index (χ1v) is 6.94. The standard InChI is InChI=1S/C15H23N3O/c1-4-19-11-14(12(2)3)16-9-13-10-17-18-8-6-5-7-15(13)18/h5-8,10,12,14,16H,4,9,11H2,1-3H3. The first kappa shape index (κ1) is 14.0. The molecule has 104 valence electrons. The molecule has 0 bridgehead atoms. The minimum absolute atomic E-state index is 0.374. The van der Waals surface area contributed by atoms with Crippen LogP contribution in [0.1, 0.15) is 26.3 Å². The molecule has 0 saturated heterocycles. The van der Waals surface area contributed by atoms with E-state index in [4.69, 9.17) is 4.74 Å². The van der Waals surface area contributed by atoms with Crippen LogP contribution in [0, 0.1) is 5.92 Å². The second-order valence-electron chi connectivity index (χ2n) is 5.09. The number of aromatic nitrogens is 2. The zero-order chi connectivity index (χ0) is 13.7. The Morgan fingerprint density at radius 1 is 1.37 bits per heavy atom. The van der Waals surface area contributed by atoms with Crippen molar-refractivity contribution in [2.45, 2.75) is 33.4 Å². The Kier molecular flexibility index (Phi) is 4.93. The average Bonchev–Trinajstić information content (AvgIpc) is 2.82. The van der Waals surface area contributed by atoms with Gasteiger partial charge in [-0.2, -0.15) is 5.10 Å².